The van der Waals surface area contributed by atoms with Crippen molar-refractivity contribution in [3.05, 3.63) is 24.2 Å². The van der Waals surface area contributed by atoms with E-state index >= 15 is 0 Å². The SMILES string of the molecule is CNC(=O)[C@@H](C)NCc1ccoc1. The summed E-state index contributed by atoms with van der Waals surface area (Å²) in [6.45, 7) is 2.46. The number of likely N-dealkylation sites (N-methyl/N-ethyl adjacent to an activating group) is 1. The van der Waals surface area contributed by atoms with Crippen molar-refractivity contribution >= 4 is 5.91 Å². The first-order chi connectivity index (χ1) is 6.24. The maximum Gasteiger partial charge on any atom is 0.236 e. The van der Waals surface area contributed by atoms with Crippen LogP contribution in [-0.4, -0.2) is 19.0 Å². The predicted octanol–water partition coefficient (Wildman–Crippen LogP) is 0.504. The third-order valence-corrected chi connectivity index (χ3v) is 1.83. The van der Waals surface area contributed by atoms with Crippen LogP contribution in [0.1, 0.15) is 12.5 Å². The molecule has 0 spiro atoms. The first kappa shape index (κ1) is 9.80. The number of rotatable bonds is 4. The molecule has 0 bridgehead atoms. The summed E-state index contributed by atoms with van der Waals surface area (Å²) >= 11 is 0. The molecule has 0 radical (unpaired) electrons. The van der Waals surface area contributed by atoms with Crippen LogP contribution in [0.15, 0.2) is 23.0 Å². The Hall–Kier alpha value is -1.29. The third-order valence-electron chi connectivity index (χ3n) is 1.83. The van der Waals surface area contributed by atoms with Crippen molar-refractivity contribution in [3.8, 4) is 0 Å². The molecular formula is C9H14N2O2. The van der Waals surface area contributed by atoms with Gasteiger partial charge in [0.15, 0.2) is 0 Å². The third kappa shape index (κ3) is 2.91. The van der Waals surface area contributed by atoms with Gasteiger partial charge in [-0.05, 0) is 13.0 Å². The van der Waals surface area contributed by atoms with Crippen LogP contribution in [0.2, 0.25) is 0 Å². The molecule has 1 amide bonds. The zero-order valence-corrected chi connectivity index (χ0v) is 7.83. The summed E-state index contributed by atoms with van der Waals surface area (Å²) in [5.74, 6) is -0.0107. The van der Waals surface area contributed by atoms with E-state index in [1.54, 1.807) is 19.6 Å². The molecule has 72 valence electrons. The number of nitrogens with one attached hydrogen (secondary N) is 2. The van der Waals surface area contributed by atoms with Gasteiger partial charge in [-0.1, -0.05) is 0 Å². The lowest BCUT2D eigenvalue weighted by atomic mass is 10.3. The molecule has 13 heavy (non-hydrogen) atoms. The molecule has 0 saturated heterocycles. The van der Waals surface area contributed by atoms with Gasteiger partial charge in [-0.2, -0.15) is 0 Å². The highest BCUT2D eigenvalue weighted by Crippen LogP contribution is 1.99. The molecule has 4 heteroatoms. The molecule has 0 aliphatic heterocycles. The number of hydrogen-bond acceptors (Lipinski definition) is 3. The number of hydrogen-bond donors (Lipinski definition) is 2. The monoisotopic (exact) mass is 182 g/mol. The zero-order valence-electron chi connectivity index (χ0n) is 7.83. The van der Waals surface area contributed by atoms with Crippen LogP contribution in [0, 0.1) is 0 Å². The fraction of sp³-hybridized carbons (Fsp3) is 0.444. The van der Waals surface area contributed by atoms with Gasteiger partial charge in [0.1, 0.15) is 0 Å². The van der Waals surface area contributed by atoms with E-state index in [-0.39, 0.29) is 11.9 Å². The fourth-order valence-electron chi connectivity index (χ4n) is 0.973. The van der Waals surface area contributed by atoms with Crippen LogP contribution in [0.25, 0.3) is 0 Å². The summed E-state index contributed by atoms with van der Waals surface area (Å²) in [5.41, 5.74) is 1.04. The number of furan rings is 1. The predicted molar refractivity (Wildman–Crippen MR) is 49.1 cm³/mol. The largest absolute Gasteiger partial charge is 0.472 e. The van der Waals surface area contributed by atoms with Crippen LogP contribution in [-0.2, 0) is 11.3 Å². The molecule has 0 fully saturated rings. The van der Waals surface area contributed by atoms with Crippen LogP contribution in [0.3, 0.4) is 0 Å². The Morgan fingerprint density at radius 3 is 3.00 bits per heavy atom. The van der Waals surface area contributed by atoms with Crippen LogP contribution in [0.5, 0.6) is 0 Å². The smallest absolute Gasteiger partial charge is 0.236 e. The van der Waals surface area contributed by atoms with Crippen LogP contribution in [0.4, 0.5) is 0 Å². The Kier molecular flexibility index (Phi) is 3.52. The van der Waals surface area contributed by atoms with Crippen molar-refractivity contribution in [1.29, 1.82) is 0 Å². The lowest BCUT2D eigenvalue weighted by Crippen LogP contribution is -2.40. The highest BCUT2D eigenvalue weighted by molar-refractivity contribution is 5.80. The summed E-state index contributed by atoms with van der Waals surface area (Å²) in [6, 6.07) is 1.68. The van der Waals surface area contributed by atoms with E-state index in [2.05, 4.69) is 10.6 Å². The van der Waals surface area contributed by atoms with Crippen LogP contribution < -0.4 is 10.6 Å². The summed E-state index contributed by atoms with van der Waals surface area (Å²) in [5, 5.41) is 5.63. The minimum absolute atomic E-state index is 0.0107. The van der Waals surface area contributed by atoms with E-state index in [1.165, 1.54) is 0 Å². The second-order valence-corrected chi connectivity index (χ2v) is 2.85. The highest BCUT2D eigenvalue weighted by Gasteiger charge is 2.09. The number of carbonyl (C=O) groups is 1. The van der Waals surface area contributed by atoms with E-state index in [4.69, 9.17) is 4.42 Å². The normalized spacial score (nSPS) is 12.5. The molecule has 1 heterocycles. The Balaban J connectivity index is 2.30. The van der Waals surface area contributed by atoms with Gasteiger partial charge in [-0.3, -0.25) is 4.79 Å². The van der Waals surface area contributed by atoms with E-state index in [0.29, 0.717) is 6.54 Å². The van der Waals surface area contributed by atoms with Gasteiger partial charge in [0.2, 0.25) is 5.91 Å². The first-order valence-corrected chi connectivity index (χ1v) is 4.20. The molecule has 0 aliphatic carbocycles. The summed E-state index contributed by atoms with van der Waals surface area (Å²) in [6.07, 6.45) is 3.27. The summed E-state index contributed by atoms with van der Waals surface area (Å²) < 4.78 is 4.89. The van der Waals surface area contributed by atoms with Crippen molar-refractivity contribution < 1.29 is 9.21 Å². The molecule has 0 unspecified atom stereocenters. The van der Waals surface area contributed by atoms with Crippen molar-refractivity contribution in [1.82, 2.24) is 10.6 Å². The summed E-state index contributed by atoms with van der Waals surface area (Å²) in [4.78, 5) is 11.1. The molecule has 4 nitrogen and oxygen atoms in total. The average Bonchev–Trinajstić information content (AvgIpc) is 2.65. The topological polar surface area (TPSA) is 54.3 Å². The van der Waals surface area contributed by atoms with Gasteiger partial charge < -0.3 is 15.1 Å². The minimum atomic E-state index is -0.181. The minimum Gasteiger partial charge on any atom is -0.472 e. The summed E-state index contributed by atoms with van der Waals surface area (Å²) in [7, 11) is 1.62. The lowest BCUT2D eigenvalue weighted by Gasteiger charge is -2.10. The molecule has 1 aromatic heterocycles. The van der Waals surface area contributed by atoms with Gasteiger partial charge in [0, 0.05) is 19.2 Å². The van der Waals surface area contributed by atoms with E-state index in [9.17, 15) is 4.79 Å². The number of amides is 1. The van der Waals surface area contributed by atoms with E-state index in [1.807, 2.05) is 13.0 Å². The molecule has 1 atom stereocenters. The van der Waals surface area contributed by atoms with E-state index in [0.717, 1.165) is 5.56 Å². The van der Waals surface area contributed by atoms with E-state index < -0.39 is 0 Å². The second kappa shape index (κ2) is 4.67. The lowest BCUT2D eigenvalue weighted by molar-refractivity contribution is -0.122. The Labute approximate surface area is 77.3 Å². The van der Waals surface area contributed by atoms with Gasteiger partial charge in [-0.15, -0.1) is 0 Å². The standard InChI is InChI=1S/C9H14N2O2/c1-7(9(12)10-2)11-5-8-3-4-13-6-8/h3-4,6-7,11H,5H2,1-2H3,(H,10,12)/t7-/m1/s1. The Morgan fingerprint density at radius 1 is 1.69 bits per heavy atom. The van der Waals surface area contributed by atoms with Crippen molar-refractivity contribution in [2.24, 2.45) is 0 Å². The van der Waals surface area contributed by atoms with Gasteiger partial charge in [0.05, 0.1) is 18.6 Å². The molecule has 0 aliphatic rings. The fourth-order valence-corrected chi connectivity index (χ4v) is 0.973. The van der Waals surface area contributed by atoms with Crippen molar-refractivity contribution in [2.45, 2.75) is 19.5 Å². The molecule has 2 N–H and O–H groups in total. The highest BCUT2D eigenvalue weighted by atomic mass is 16.3. The molecular weight excluding hydrogens is 168 g/mol. The van der Waals surface area contributed by atoms with Gasteiger partial charge in [0.25, 0.3) is 0 Å². The Bertz CT molecular complexity index is 257. The maximum atomic E-state index is 11.1. The zero-order chi connectivity index (χ0) is 9.68. The molecule has 0 saturated carbocycles. The van der Waals surface area contributed by atoms with Gasteiger partial charge >= 0.3 is 0 Å². The quantitative estimate of drug-likeness (QED) is 0.713. The average molecular weight is 182 g/mol. The van der Waals surface area contributed by atoms with Crippen molar-refractivity contribution in [2.75, 3.05) is 7.05 Å². The van der Waals surface area contributed by atoms with Crippen LogP contribution >= 0.6 is 0 Å². The molecule has 0 aromatic carbocycles. The van der Waals surface area contributed by atoms with Gasteiger partial charge in [-0.25, -0.2) is 0 Å². The number of carbonyl (C=O) groups excluding carboxylic acids is 1. The first-order valence-electron chi connectivity index (χ1n) is 4.20. The molecule has 1 aromatic rings. The maximum absolute atomic E-state index is 11.1. The Morgan fingerprint density at radius 2 is 2.46 bits per heavy atom. The van der Waals surface area contributed by atoms with Crippen molar-refractivity contribution in [3.63, 3.8) is 0 Å². The second-order valence-electron chi connectivity index (χ2n) is 2.85. The molecule has 1 rings (SSSR count).